The summed E-state index contributed by atoms with van der Waals surface area (Å²) in [5, 5.41) is 7.94. The molecule has 1 heterocycles. The van der Waals surface area contributed by atoms with Gasteiger partial charge in [-0.2, -0.15) is 5.10 Å². The zero-order valence-electron chi connectivity index (χ0n) is 19.2. The number of hydrogen-bond donors (Lipinski definition) is 2. The molecular weight excluding hydrogens is 473 g/mol. The first kappa shape index (κ1) is 24.0. The van der Waals surface area contributed by atoms with Gasteiger partial charge in [-0.15, -0.1) is 0 Å². The number of amides is 2. The van der Waals surface area contributed by atoms with E-state index in [0.717, 1.165) is 12.0 Å². The number of rotatable bonds is 5. The second kappa shape index (κ2) is 10.0. The summed E-state index contributed by atoms with van der Waals surface area (Å²) in [5.74, 6) is 0.602. The van der Waals surface area contributed by atoms with Crippen LogP contribution in [0, 0.1) is 6.92 Å². The number of furan rings is 1. The lowest BCUT2D eigenvalue weighted by molar-refractivity contribution is 0.0953. The Balaban J connectivity index is 1.54. The van der Waals surface area contributed by atoms with Gasteiger partial charge in [0.15, 0.2) is 5.76 Å². The van der Waals surface area contributed by atoms with E-state index in [1.54, 1.807) is 12.1 Å². The number of hydrazone groups is 1. The number of carbonyl (C=O) groups is 2. The number of aryl methyl sites for hydroxylation is 1. The van der Waals surface area contributed by atoms with Gasteiger partial charge in [-0.3, -0.25) is 9.59 Å². The molecule has 0 fully saturated rings. The fourth-order valence-corrected chi connectivity index (χ4v) is 4.48. The lowest BCUT2D eigenvalue weighted by Gasteiger charge is -2.13. The Labute approximate surface area is 208 Å². The first-order valence-corrected chi connectivity index (χ1v) is 11.9. The molecule has 34 heavy (non-hydrogen) atoms. The van der Waals surface area contributed by atoms with Gasteiger partial charge < -0.3 is 9.73 Å². The molecule has 2 aromatic carbocycles. The molecule has 176 valence electrons. The van der Waals surface area contributed by atoms with Crippen molar-refractivity contribution in [3.63, 3.8) is 0 Å². The summed E-state index contributed by atoms with van der Waals surface area (Å²) in [6.07, 6.45) is 2.15. The maximum atomic E-state index is 13.0. The number of anilines is 1. The zero-order chi connectivity index (χ0) is 24.4. The highest BCUT2D eigenvalue weighted by molar-refractivity contribution is 6.36. The number of nitrogens with zero attached hydrogens (tertiary/aromatic N) is 1. The van der Waals surface area contributed by atoms with Crippen LogP contribution in [0.1, 0.15) is 76.0 Å². The van der Waals surface area contributed by atoms with Crippen molar-refractivity contribution in [2.75, 3.05) is 5.32 Å². The maximum Gasteiger partial charge on any atom is 0.291 e. The van der Waals surface area contributed by atoms with E-state index in [9.17, 15) is 9.59 Å². The largest absolute Gasteiger partial charge is 0.455 e. The summed E-state index contributed by atoms with van der Waals surface area (Å²) in [6.45, 7) is 6.07. The van der Waals surface area contributed by atoms with Gasteiger partial charge in [0.25, 0.3) is 11.8 Å². The molecule has 8 heteroatoms. The van der Waals surface area contributed by atoms with Crippen LogP contribution in [0.25, 0.3) is 0 Å². The molecule has 0 aliphatic heterocycles. The standard InChI is InChI=1S/C26H25Cl2N3O3/c1-14(2)16-7-10-18(11-8-16)29-26(33)24-15(3)23-21(5-4-6-22(23)34-24)30-31-25(32)19-12-9-17(27)13-20(19)28/h7-14H,4-6H2,1-3H3,(H,29,33)(H,31,32)/b30-21+. The lowest BCUT2D eigenvalue weighted by atomic mass is 9.93. The smallest absolute Gasteiger partial charge is 0.291 e. The first-order chi connectivity index (χ1) is 16.2. The van der Waals surface area contributed by atoms with Crippen LogP contribution in [0.2, 0.25) is 10.0 Å². The fourth-order valence-electron chi connectivity index (χ4n) is 3.99. The van der Waals surface area contributed by atoms with E-state index in [0.29, 0.717) is 46.5 Å². The molecule has 2 amide bonds. The minimum absolute atomic E-state index is 0.245. The minimum Gasteiger partial charge on any atom is -0.455 e. The van der Waals surface area contributed by atoms with Gasteiger partial charge >= 0.3 is 0 Å². The number of nitrogens with one attached hydrogen (secondary N) is 2. The number of fused-ring (bicyclic) bond motifs is 1. The molecule has 0 unspecified atom stereocenters. The monoisotopic (exact) mass is 497 g/mol. The predicted molar refractivity (Wildman–Crippen MR) is 135 cm³/mol. The van der Waals surface area contributed by atoms with Crippen molar-refractivity contribution in [2.45, 2.75) is 46.0 Å². The van der Waals surface area contributed by atoms with E-state index < -0.39 is 5.91 Å². The molecule has 1 aliphatic carbocycles. The molecule has 1 aromatic heterocycles. The Hall–Kier alpha value is -3.09. The molecule has 0 atom stereocenters. The molecule has 1 aliphatic rings. The number of benzene rings is 2. The Kier molecular flexibility index (Phi) is 7.10. The van der Waals surface area contributed by atoms with Crippen LogP contribution >= 0.6 is 23.2 Å². The average Bonchev–Trinajstić information content (AvgIpc) is 3.15. The minimum atomic E-state index is -0.440. The quantitative estimate of drug-likeness (QED) is 0.382. The van der Waals surface area contributed by atoms with Gasteiger partial charge in [-0.25, -0.2) is 5.43 Å². The topological polar surface area (TPSA) is 83.7 Å². The van der Waals surface area contributed by atoms with Gasteiger partial charge in [0.1, 0.15) is 5.76 Å². The molecule has 3 aromatic rings. The normalized spacial score (nSPS) is 14.2. The van der Waals surface area contributed by atoms with Crippen molar-refractivity contribution in [3.05, 3.63) is 86.3 Å². The van der Waals surface area contributed by atoms with Gasteiger partial charge in [0, 0.05) is 28.3 Å². The summed E-state index contributed by atoms with van der Waals surface area (Å²) in [5.41, 5.74) is 6.88. The van der Waals surface area contributed by atoms with Crippen molar-refractivity contribution in [1.82, 2.24) is 5.43 Å². The van der Waals surface area contributed by atoms with Crippen LogP contribution < -0.4 is 10.7 Å². The Morgan fingerprint density at radius 2 is 1.76 bits per heavy atom. The molecule has 2 N–H and O–H groups in total. The third kappa shape index (κ3) is 5.03. The summed E-state index contributed by atoms with van der Waals surface area (Å²) in [4.78, 5) is 25.5. The first-order valence-electron chi connectivity index (χ1n) is 11.1. The van der Waals surface area contributed by atoms with E-state index >= 15 is 0 Å². The molecule has 0 bridgehead atoms. The van der Waals surface area contributed by atoms with Crippen molar-refractivity contribution in [1.29, 1.82) is 0 Å². The van der Waals surface area contributed by atoms with Crippen LogP contribution in [0.15, 0.2) is 52.0 Å². The van der Waals surface area contributed by atoms with Crippen LogP contribution in [0.4, 0.5) is 5.69 Å². The molecular formula is C26H25Cl2N3O3. The van der Waals surface area contributed by atoms with Crippen LogP contribution in [-0.2, 0) is 6.42 Å². The van der Waals surface area contributed by atoms with Gasteiger partial charge in [-0.1, -0.05) is 49.2 Å². The van der Waals surface area contributed by atoms with E-state index in [2.05, 4.69) is 29.7 Å². The van der Waals surface area contributed by atoms with E-state index in [4.69, 9.17) is 27.6 Å². The van der Waals surface area contributed by atoms with E-state index in [1.165, 1.54) is 11.6 Å². The van der Waals surface area contributed by atoms with Crippen molar-refractivity contribution in [3.8, 4) is 0 Å². The fraction of sp³-hybridized carbons (Fsp3) is 0.269. The van der Waals surface area contributed by atoms with Gasteiger partial charge in [-0.05, 0) is 61.6 Å². The number of carbonyl (C=O) groups excluding carboxylic acids is 2. The molecule has 0 radical (unpaired) electrons. The van der Waals surface area contributed by atoms with E-state index in [1.807, 2.05) is 31.2 Å². The summed E-state index contributed by atoms with van der Waals surface area (Å²) in [6, 6.07) is 12.4. The summed E-state index contributed by atoms with van der Waals surface area (Å²) >= 11 is 12.0. The molecule has 4 rings (SSSR count). The second-order valence-corrected chi connectivity index (χ2v) is 9.41. The Bertz CT molecular complexity index is 1280. The zero-order valence-corrected chi connectivity index (χ0v) is 20.7. The predicted octanol–water partition coefficient (Wildman–Crippen LogP) is 6.74. The third-order valence-corrected chi connectivity index (χ3v) is 6.38. The Morgan fingerprint density at radius 1 is 1.03 bits per heavy atom. The average molecular weight is 498 g/mol. The maximum absolute atomic E-state index is 13.0. The second-order valence-electron chi connectivity index (χ2n) is 8.56. The number of halogens is 2. The highest BCUT2D eigenvalue weighted by Gasteiger charge is 2.28. The lowest BCUT2D eigenvalue weighted by Crippen LogP contribution is -2.22. The molecule has 0 saturated carbocycles. The van der Waals surface area contributed by atoms with Crippen molar-refractivity contribution < 1.29 is 14.0 Å². The molecule has 0 saturated heterocycles. The SMILES string of the molecule is Cc1c(C(=O)Nc2ccc(C(C)C)cc2)oc2c1/C(=N/NC(=O)c1ccc(Cl)cc1Cl)CCC2. The van der Waals surface area contributed by atoms with Crippen LogP contribution in [-0.4, -0.2) is 17.5 Å². The van der Waals surface area contributed by atoms with E-state index in [-0.39, 0.29) is 22.3 Å². The van der Waals surface area contributed by atoms with Crippen LogP contribution in [0.3, 0.4) is 0 Å². The van der Waals surface area contributed by atoms with Crippen molar-refractivity contribution in [2.24, 2.45) is 5.10 Å². The highest BCUT2D eigenvalue weighted by atomic mass is 35.5. The summed E-state index contributed by atoms with van der Waals surface area (Å²) in [7, 11) is 0. The third-order valence-electron chi connectivity index (χ3n) is 5.84. The van der Waals surface area contributed by atoms with Crippen molar-refractivity contribution >= 4 is 46.4 Å². The van der Waals surface area contributed by atoms with Gasteiger partial charge in [0.2, 0.25) is 0 Å². The van der Waals surface area contributed by atoms with Gasteiger partial charge in [0.05, 0.1) is 16.3 Å². The number of hydrogen-bond acceptors (Lipinski definition) is 4. The molecule has 6 nitrogen and oxygen atoms in total. The van der Waals surface area contributed by atoms with Crippen LogP contribution in [0.5, 0.6) is 0 Å². The summed E-state index contributed by atoms with van der Waals surface area (Å²) < 4.78 is 5.95. The Morgan fingerprint density at radius 3 is 2.44 bits per heavy atom. The highest BCUT2D eigenvalue weighted by Crippen LogP contribution is 2.30. The molecule has 0 spiro atoms.